The van der Waals surface area contributed by atoms with Crippen LogP contribution >= 0.6 is 0 Å². The molecule has 5 nitrogen and oxygen atoms in total. The third-order valence-corrected chi connectivity index (χ3v) is 2.35. The molecule has 0 radical (unpaired) electrons. The number of esters is 1. The molecule has 108 valence electrons. The van der Waals surface area contributed by atoms with Crippen LogP contribution in [0.25, 0.3) is 6.08 Å². The van der Waals surface area contributed by atoms with Crippen LogP contribution in [0.15, 0.2) is 30.5 Å². The Balaban J connectivity index is 2.38. The molecule has 0 aromatic heterocycles. The summed E-state index contributed by atoms with van der Waals surface area (Å²) >= 11 is 0. The SMILES string of the molecule is CCCCOC(=O)NC=Cc1ccc(OC(C)=O)cc1. The van der Waals surface area contributed by atoms with Crippen LogP contribution in [-0.4, -0.2) is 18.7 Å². The molecule has 0 spiro atoms. The molecular weight excluding hydrogens is 258 g/mol. The Kier molecular flexibility index (Phi) is 6.89. The summed E-state index contributed by atoms with van der Waals surface area (Å²) in [7, 11) is 0. The molecule has 0 aliphatic heterocycles. The lowest BCUT2D eigenvalue weighted by Crippen LogP contribution is -2.18. The van der Waals surface area contributed by atoms with Crippen LogP contribution < -0.4 is 10.1 Å². The van der Waals surface area contributed by atoms with E-state index in [0.717, 1.165) is 18.4 Å². The first kappa shape index (κ1) is 15.8. The van der Waals surface area contributed by atoms with Gasteiger partial charge in [-0.1, -0.05) is 25.5 Å². The standard InChI is InChI=1S/C15H19NO4/c1-3-4-11-19-15(18)16-10-9-13-5-7-14(8-6-13)20-12(2)17/h5-10H,3-4,11H2,1-2H3,(H,16,18). The zero-order chi connectivity index (χ0) is 14.8. The van der Waals surface area contributed by atoms with E-state index in [4.69, 9.17) is 9.47 Å². The molecule has 1 N–H and O–H groups in total. The van der Waals surface area contributed by atoms with Gasteiger partial charge in [0.1, 0.15) is 5.75 Å². The van der Waals surface area contributed by atoms with Gasteiger partial charge in [-0.2, -0.15) is 0 Å². The van der Waals surface area contributed by atoms with Gasteiger partial charge in [-0.25, -0.2) is 4.79 Å². The minimum Gasteiger partial charge on any atom is -0.449 e. The molecule has 0 fully saturated rings. The van der Waals surface area contributed by atoms with Crippen molar-refractivity contribution in [1.82, 2.24) is 5.32 Å². The van der Waals surface area contributed by atoms with Crippen molar-refractivity contribution in [3.8, 4) is 5.75 Å². The molecule has 0 saturated heterocycles. The number of unbranched alkanes of at least 4 members (excludes halogenated alkanes) is 1. The van der Waals surface area contributed by atoms with E-state index < -0.39 is 6.09 Å². The first-order chi connectivity index (χ1) is 9.61. The lowest BCUT2D eigenvalue weighted by atomic mass is 10.2. The Morgan fingerprint density at radius 1 is 1.25 bits per heavy atom. The summed E-state index contributed by atoms with van der Waals surface area (Å²) in [6, 6.07) is 6.92. The van der Waals surface area contributed by atoms with Crippen LogP contribution in [0.5, 0.6) is 5.75 Å². The highest BCUT2D eigenvalue weighted by Crippen LogP contribution is 2.13. The van der Waals surface area contributed by atoms with Gasteiger partial charge in [-0.15, -0.1) is 0 Å². The number of hydrogen-bond acceptors (Lipinski definition) is 4. The van der Waals surface area contributed by atoms with Crippen molar-refractivity contribution in [3.63, 3.8) is 0 Å². The minimum absolute atomic E-state index is 0.357. The number of rotatable bonds is 6. The second-order valence-corrected chi connectivity index (χ2v) is 4.13. The molecule has 0 aliphatic rings. The topological polar surface area (TPSA) is 64.6 Å². The number of ether oxygens (including phenoxy) is 2. The number of carbonyl (C=O) groups is 2. The van der Waals surface area contributed by atoms with E-state index in [9.17, 15) is 9.59 Å². The quantitative estimate of drug-likeness (QED) is 0.493. The normalized spacial score (nSPS) is 10.3. The maximum absolute atomic E-state index is 11.2. The van der Waals surface area contributed by atoms with E-state index in [1.54, 1.807) is 30.3 Å². The number of amides is 1. The minimum atomic E-state index is -0.466. The van der Waals surface area contributed by atoms with Gasteiger partial charge in [0.2, 0.25) is 0 Å². The van der Waals surface area contributed by atoms with Crippen molar-refractivity contribution in [2.24, 2.45) is 0 Å². The summed E-state index contributed by atoms with van der Waals surface area (Å²) in [6.07, 6.45) is 4.60. The molecule has 1 aromatic rings. The van der Waals surface area contributed by atoms with Crippen molar-refractivity contribution in [2.45, 2.75) is 26.7 Å². The molecule has 1 amide bonds. The van der Waals surface area contributed by atoms with Gasteiger partial charge in [-0.05, 0) is 30.2 Å². The molecule has 0 atom stereocenters. The predicted molar refractivity (Wildman–Crippen MR) is 76.2 cm³/mol. The van der Waals surface area contributed by atoms with Crippen molar-refractivity contribution in [3.05, 3.63) is 36.0 Å². The maximum atomic E-state index is 11.2. The third-order valence-electron chi connectivity index (χ3n) is 2.35. The van der Waals surface area contributed by atoms with Crippen molar-refractivity contribution >= 4 is 18.1 Å². The van der Waals surface area contributed by atoms with Gasteiger partial charge in [0.25, 0.3) is 0 Å². The van der Waals surface area contributed by atoms with Crippen LogP contribution in [0.1, 0.15) is 32.3 Å². The van der Waals surface area contributed by atoms with Gasteiger partial charge >= 0.3 is 12.1 Å². The highest BCUT2D eigenvalue weighted by Gasteiger charge is 1.98. The zero-order valence-electron chi connectivity index (χ0n) is 11.7. The molecule has 5 heteroatoms. The fourth-order valence-electron chi connectivity index (χ4n) is 1.37. The summed E-state index contributed by atoms with van der Waals surface area (Å²) < 4.78 is 9.84. The van der Waals surface area contributed by atoms with Crippen molar-refractivity contribution in [1.29, 1.82) is 0 Å². The highest BCUT2D eigenvalue weighted by molar-refractivity contribution is 5.70. The molecule has 0 bridgehead atoms. The molecule has 0 saturated carbocycles. The van der Waals surface area contributed by atoms with Gasteiger partial charge in [0.15, 0.2) is 0 Å². The van der Waals surface area contributed by atoms with Gasteiger partial charge in [-0.3, -0.25) is 10.1 Å². The van der Waals surface area contributed by atoms with Crippen molar-refractivity contribution in [2.75, 3.05) is 6.61 Å². The maximum Gasteiger partial charge on any atom is 0.411 e. The molecule has 0 heterocycles. The van der Waals surface area contributed by atoms with Crippen LogP contribution in [0, 0.1) is 0 Å². The second-order valence-electron chi connectivity index (χ2n) is 4.13. The lowest BCUT2D eigenvalue weighted by Gasteiger charge is -2.03. The van der Waals surface area contributed by atoms with E-state index >= 15 is 0 Å². The largest absolute Gasteiger partial charge is 0.449 e. The first-order valence-corrected chi connectivity index (χ1v) is 6.50. The molecule has 0 unspecified atom stereocenters. The van der Waals surface area contributed by atoms with E-state index in [2.05, 4.69) is 5.32 Å². The monoisotopic (exact) mass is 277 g/mol. The number of carbonyl (C=O) groups excluding carboxylic acids is 2. The van der Waals surface area contributed by atoms with E-state index in [1.165, 1.54) is 13.1 Å². The summed E-state index contributed by atoms with van der Waals surface area (Å²) in [6.45, 7) is 3.80. The molecular formula is C15H19NO4. The number of alkyl carbamates (subject to hydrolysis) is 1. The average molecular weight is 277 g/mol. The van der Waals surface area contributed by atoms with E-state index in [1.807, 2.05) is 6.92 Å². The molecule has 20 heavy (non-hydrogen) atoms. The molecule has 1 aromatic carbocycles. The summed E-state index contributed by atoms with van der Waals surface area (Å²) in [5.41, 5.74) is 0.870. The Morgan fingerprint density at radius 3 is 2.55 bits per heavy atom. The van der Waals surface area contributed by atoms with Gasteiger partial charge in [0, 0.05) is 13.1 Å². The van der Waals surface area contributed by atoms with E-state index in [-0.39, 0.29) is 5.97 Å². The number of benzene rings is 1. The average Bonchev–Trinajstić information content (AvgIpc) is 2.40. The van der Waals surface area contributed by atoms with Crippen LogP contribution in [-0.2, 0) is 9.53 Å². The van der Waals surface area contributed by atoms with Crippen LogP contribution in [0.4, 0.5) is 4.79 Å². The number of hydrogen-bond donors (Lipinski definition) is 1. The summed E-state index contributed by atoms with van der Waals surface area (Å²) in [5.74, 6) is 0.131. The summed E-state index contributed by atoms with van der Waals surface area (Å²) in [4.78, 5) is 22.0. The Morgan fingerprint density at radius 2 is 1.95 bits per heavy atom. The number of nitrogens with one attached hydrogen (secondary N) is 1. The fourth-order valence-corrected chi connectivity index (χ4v) is 1.37. The van der Waals surface area contributed by atoms with Crippen LogP contribution in [0.3, 0.4) is 0 Å². The second kappa shape index (κ2) is 8.74. The molecule has 0 aliphatic carbocycles. The smallest absolute Gasteiger partial charge is 0.411 e. The Labute approximate surface area is 118 Å². The summed E-state index contributed by atoms with van der Waals surface area (Å²) in [5, 5.41) is 2.51. The fraction of sp³-hybridized carbons (Fsp3) is 0.333. The zero-order valence-corrected chi connectivity index (χ0v) is 11.7. The third kappa shape index (κ3) is 6.58. The van der Waals surface area contributed by atoms with Crippen molar-refractivity contribution < 1.29 is 19.1 Å². The Bertz CT molecular complexity index is 465. The van der Waals surface area contributed by atoms with Gasteiger partial charge in [0.05, 0.1) is 6.61 Å². The van der Waals surface area contributed by atoms with E-state index in [0.29, 0.717) is 12.4 Å². The first-order valence-electron chi connectivity index (χ1n) is 6.50. The molecule has 1 rings (SSSR count). The lowest BCUT2D eigenvalue weighted by molar-refractivity contribution is -0.131. The van der Waals surface area contributed by atoms with Gasteiger partial charge < -0.3 is 9.47 Å². The Hall–Kier alpha value is -2.30. The highest BCUT2D eigenvalue weighted by atomic mass is 16.5. The predicted octanol–water partition coefficient (Wildman–Crippen LogP) is 3.11. The van der Waals surface area contributed by atoms with Crippen LogP contribution in [0.2, 0.25) is 0 Å².